The highest BCUT2D eigenvalue weighted by molar-refractivity contribution is 7.99. The smallest absolute Gasteiger partial charge is 0.252 e. The van der Waals surface area contributed by atoms with E-state index in [1.54, 1.807) is 6.92 Å². The second-order valence-electron chi connectivity index (χ2n) is 7.07. The molecule has 148 valence electrons. The quantitative estimate of drug-likeness (QED) is 0.721. The lowest BCUT2D eigenvalue weighted by Gasteiger charge is -2.29. The molecule has 1 fully saturated rings. The van der Waals surface area contributed by atoms with Gasteiger partial charge in [-0.25, -0.2) is 4.98 Å². The zero-order chi connectivity index (χ0) is 20.2. The summed E-state index contributed by atoms with van der Waals surface area (Å²) in [6, 6.07) is 18.6. The number of benzene rings is 2. The standard InChI is InChI=1S/C23H23N3O2S/c1-16(23(28)26-11-13-29-14-12-26)24-22(27)19-15-21(17-7-3-2-4-8-17)25-20-10-6-5-9-18(19)20/h2-10,15-16H,11-14H2,1H3,(H,24,27). The number of para-hydroxylation sites is 1. The van der Waals surface area contributed by atoms with Gasteiger partial charge in [-0.3, -0.25) is 9.59 Å². The number of nitrogens with zero attached hydrogens (tertiary/aromatic N) is 2. The predicted octanol–water partition coefficient (Wildman–Crippen LogP) is 3.60. The van der Waals surface area contributed by atoms with Crippen molar-refractivity contribution >= 4 is 34.5 Å². The summed E-state index contributed by atoms with van der Waals surface area (Å²) in [5.74, 6) is 1.61. The van der Waals surface area contributed by atoms with Gasteiger partial charge in [-0.05, 0) is 19.1 Å². The second-order valence-corrected chi connectivity index (χ2v) is 8.30. The molecule has 2 amide bonds. The maximum absolute atomic E-state index is 13.1. The van der Waals surface area contributed by atoms with E-state index >= 15 is 0 Å². The molecule has 1 N–H and O–H groups in total. The minimum absolute atomic E-state index is 0.0275. The summed E-state index contributed by atoms with van der Waals surface area (Å²) in [5, 5.41) is 3.68. The Bertz CT molecular complexity index is 1030. The van der Waals surface area contributed by atoms with Gasteiger partial charge in [-0.15, -0.1) is 0 Å². The van der Waals surface area contributed by atoms with Crippen molar-refractivity contribution in [3.05, 3.63) is 66.2 Å². The number of hydrogen-bond acceptors (Lipinski definition) is 4. The number of nitrogens with one attached hydrogen (secondary N) is 1. The fraction of sp³-hybridized carbons (Fsp3) is 0.261. The van der Waals surface area contributed by atoms with Gasteiger partial charge in [0.25, 0.3) is 5.91 Å². The zero-order valence-corrected chi connectivity index (χ0v) is 17.1. The highest BCUT2D eigenvalue weighted by Crippen LogP contribution is 2.25. The van der Waals surface area contributed by atoms with Crippen LogP contribution in [0.3, 0.4) is 0 Å². The van der Waals surface area contributed by atoms with Gasteiger partial charge in [0.1, 0.15) is 6.04 Å². The molecule has 0 saturated carbocycles. The molecule has 29 heavy (non-hydrogen) atoms. The molecule has 0 bridgehead atoms. The van der Waals surface area contributed by atoms with Crippen LogP contribution in [0.2, 0.25) is 0 Å². The molecule has 0 aliphatic carbocycles. The third-order valence-electron chi connectivity index (χ3n) is 5.07. The normalized spacial score (nSPS) is 15.1. The monoisotopic (exact) mass is 405 g/mol. The van der Waals surface area contributed by atoms with Gasteiger partial charge in [0.15, 0.2) is 0 Å². The van der Waals surface area contributed by atoms with Crippen molar-refractivity contribution in [3.8, 4) is 11.3 Å². The Labute approximate surface area is 174 Å². The topological polar surface area (TPSA) is 62.3 Å². The molecule has 1 aliphatic heterocycles. The summed E-state index contributed by atoms with van der Waals surface area (Å²) in [5.41, 5.74) is 2.97. The Morgan fingerprint density at radius 3 is 2.48 bits per heavy atom. The van der Waals surface area contributed by atoms with Gasteiger partial charge >= 0.3 is 0 Å². The number of thioether (sulfide) groups is 1. The van der Waals surface area contributed by atoms with E-state index in [2.05, 4.69) is 5.32 Å². The lowest BCUT2D eigenvalue weighted by Crippen LogP contribution is -2.49. The van der Waals surface area contributed by atoms with Crippen molar-refractivity contribution in [1.82, 2.24) is 15.2 Å². The Kier molecular flexibility index (Phi) is 5.81. The number of pyridine rings is 1. The first-order chi connectivity index (χ1) is 14.1. The Balaban J connectivity index is 1.63. The summed E-state index contributed by atoms with van der Waals surface area (Å²) in [6.45, 7) is 3.23. The summed E-state index contributed by atoms with van der Waals surface area (Å²) < 4.78 is 0. The average Bonchev–Trinajstić information content (AvgIpc) is 2.78. The molecule has 1 atom stereocenters. The highest BCUT2D eigenvalue weighted by Gasteiger charge is 2.24. The summed E-state index contributed by atoms with van der Waals surface area (Å²) in [6.07, 6.45) is 0. The zero-order valence-electron chi connectivity index (χ0n) is 16.3. The molecular formula is C23H23N3O2S. The molecule has 4 rings (SSSR count). The van der Waals surface area contributed by atoms with E-state index in [0.29, 0.717) is 5.56 Å². The first-order valence-corrected chi connectivity index (χ1v) is 10.9. The molecule has 2 heterocycles. The molecule has 0 spiro atoms. The van der Waals surface area contributed by atoms with Gasteiger partial charge < -0.3 is 10.2 Å². The van der Waals surface area contributed by atoms with Gasteiger partial charge in [-0.2, -0.15) is 11.8 Å². The van der Waals surface area contributed by atoms with Gasteiger partial charge in [0.2, 0.25) is 5.91 Å². The van der Waals surface area contributed by atoms with Crippen LogP contribution in [-0.2, 0) is 4.79 Å². The lowest BCUT2D eigenvalue weighted by atomic mass is 10.0. The summed E-state index contributed by atoms with van der Waals surface area (Å²) in [4.78, 5) is 32.4. The number of fused-ring (bicyclic) bond motifs is 1. The first kappa shape index (κ1) is 19.5. The third-order valence-corrected chi connectivity index (χ3v) is 6.01. The Morgan fingerprint density at radius 2 is 1.72 bits per heavy atom. The van der Waals surface area contributed by atoms with Crippen LogP contribution in [0.25, 0.3) is 22.2 Å². The molecule has 5 nitrogen and oxygen atoms in total. The van der Waals surface area contributed by atoms with E-state index in [-0.39, 0.29) is 11.8 Å². The van der Waals surface area contributed by atoms with E-state index in [1.807, 2.05) is 77.3 Å². The van der Waals surface area contributed by atoms with E-state index in [1.165, 1.54) is 0 Å². The molecule has 2 aromatic carbocycles. The third kappa shape index (κ3) is 4.27. The number of rotatable bonds is 4. The lowest BCUT2D eigenvalue weighted by molar-refractivity contribution is -0.132. The number of carbonyl (C=O) groups is 2. The van der Waals surface area contributed by atoms with Crippen LogP contribution in [0.15, 0.2) is 60.7 Å². The van der Waals surface area contributed by atoms with Crippen LogP contribution in [0.5, 0.6) is 0 Å². The van der Waals surface area contributed by atoms with Crippen molar-refractivity contribution in [2.24, 2.45) is 0 Å². The first-order valence-electron chi connectivity index (χ1n) is 9.76. The molecule has 0 radical (unpaired) electrons. The second kappa shape index (κ2) is 8.66. The maximum atomic E-state index is 13.1. The van der Waals surface area contributed by atoms with E-state index < -0.39 is 6.04 Å². The van der Waals surface area contributed by atoms with E-state index in [9.17, 15) is 9.59 Å². The van der Waals surface area contributed by atoms with Crippen molar-refractivity contribution in [2.45, 2.75) is 13.0 Å². The number of amides is 2. The highest BCUT2D eigenvalue weighted by atomic mass is 32.2. The van der Waals surface area contributed by atoms with Crippen molar-refractivity contribution in [3.63, 3.8) is 0 Å². The molecule has 1 saturated heterocycles. The van der Waals surface area contributed by atoms with Crippen LogP contribution in [-0.4, -0.2) is 52.3 Å². The average molecular weight is 406 g/mol. The number of carbonyl (C=O) groups excluding carboxylic acids is 2. The molecule has 3 aromatic rings. The van der Waals surface area contributed by atoms with Crippen molar-refractivity contribution in [2.75, 3.05) is 24.6 Å². The minimum atomic E-state index is -0.572. The summed E-state index contributed by atoms with van der Waals surface area (Å²) in [7, 11) is 0. The van der Waals surface area contributed by atoms with Crippen LogP contribution < -0.4 is 5.32 Å². The molecule has 6 heteroatoms. The van der Waals surface area contributed by atoms with Crippen molar-refractivity contribution < 1.29 is 9.59 Å². The minimum Gasteiger partial charge on any atom is -0.340 e. The van der Waals surface area contributed by atoms with Crippen LogP contribution in [0, 0.1) is 0 Å². The molecular weight excluding hydrogens is 382 g/mol. The molecule has 1 aromatic heterocycles. The van der Waals surface area contributed by atoms with E-state index in [4.69, 9.17) is 4.98 Å². The Morgan fingerprint density at radius 1 is 1.03 bits per heavy atom. The SMILES string of the molecule is CC(NC(=O)c1cc(-c2ccccc2)nc2ccccc12)C(=O)N1CCSCC1. The largest absolute Gasteiger partial charge is 0.340 e. The Hall–Kier alpha value is -2.86. The van der Waals surface area contributed by atoms with Gasteiger partial charge in [0, 0.05) is 35.5 Å². The van der Waals surface area contributed by atoms with Crippen molar-refractivity contribution in [1.29, 1.82) is 0 Å². The fourth-order valence-electron chi connectivity index (χ4n) is 3.51. The fourth-order valence-corrected chi connectivity index (χ4v) is 4.42. The van der Waals surface area contributed by atoms with Crippen LogP contribution >= 0.6 is 11.8 Å². The van der Waals surface area contributed by atoms with Gasteiger partial charge in [-0.1, -0.05) is 48.5 Å². The molecule has 1 aliphatic rings. The molecule has 1 unspecified atom stereocenters. The number of hydrogen-bond donors (Lipinski definition) is 1. The van der Waals surface area contributed by atoms with Crippen LogP contribution in [0.1, 0.15) is 17.3 Å². The summed E-state index contributed by atoms with van der Waals surface area (Å²) >= 11 is 1.85. The van der Waals surface area contributed by atoms with E-state index in [0.717, 1.165) is 46.8 Å². The van der Waals surface area contributed by atoms with Crippen LogP contribution in [0.4, 0.5) is 0 Å². The number of aromatic nitrogens is 1. The predicted molar refractivity (Wildman–Crippen MR) is 118 cm³/mol. The maximum Gasteiger partial charge on any atom is 0.252 e. The van der Waals surface area contributed by atoms with Gasteiger partial charge in [0.05, 0.1) is 16.8 Å².